The minimum atomic E-state index is -4.44. The number of hydrogen-bond donors (Lipinski definition) is 1. The third kappa shape index (κ3) is 5.53. The van der Waals surface area contributed by atoms with Gasteiger partial charge in [0.15, 0.2) is 0 Å². The molecule has 1 fully saturated rings. The van der Waals surface area contributed by atoms with Gasteiger partial charge in [0.05, 0.1) is 15.7 Å². The Kier molecular flexibility index (Phi) is 7.09. The molecule has 0 aliphatic carbocycles. The molecule has 3 amide bonds. The van der Waals surface area contributed by atoms with E-state index < -0.39 is 23.0 Å². The fraction of sp³-hybridized carbons (Fsp3) is 0.217. The molecule has 0 atom stereocenters. The Balaban J connectivity index is 1.54. The molecule has 36 heavy (non-hydrogen) atoms. The maximum Gasteiger partial charge on any atom is 0.446 e. The van der Waals surface area contributed by atoms with Crippen LogP contribution in [0.2, 0.25) is 10.0 Å². The van der Waals surface area contributed by atoms with Crippen LogP contribution in [0.1, 0.15) is 19.4 Å². The number of alkyl halides is 3. The molecule has 0 unspecified atom stereocenters. The number of nitrogens with zero attached hydrogens (tertiary/aromatic N) is 4. The van der Waals surface area contributed by atoms with Crippen molar-refractivity contribution in [2.24, 2.45) is 0 Å². The number of urea groups is 1. The first kappa shape index (κ1) is 26.1. The third-order valence-electron chi connectivity index (χ3n) is 5.37. The van der Waals surface area contributed by atoms with Gasteiger partial charge in [0.2, 0.25) is 0 Å². The summed E-state index contributed by atoms with van der Waals surface area (Å²) in [5.41, 5.74) is -4.78. The summed E-state index contributed by atoms with van der Waals surface area (Å²) < 4.78 is 37.9. The van der Waals surface area contributed by atoms with Gasteiger partial charge in [-0.3, -0.25) is 4.79 Å². The average Bonchev–Trinajstić information content (AvgIpc) is 2.95. The van der Waals surface area contributed by atoms with Crippen LogP contribution in [0.15, 0.2) is 59.8 Å². The van der Waals surface area contributed by atoms with Gasteiger partial charge in [0.1, 0.15) is 17.2 Å². The van der Waals surface area contributed by atoms with Gasteiger partial charge in [0, 0.05) is 23.8 Å². The lowest BCUT2D eigenvalue weighted by Crippen LogP contribution is -2.43. The zero-order valence-electron chi connectivity index (χ0n) is 18.8. The number of imide groups is 1. The van der Waals surface area contributed by atoms with Crippen LogP contribution in [0.3, 0.4) is 0 Å². The number of thioether (sulfide) groups is 1. The van der Waals surface area contributed by atoms with Gasteiger partial charge in [-0.2, -0.15) is 13.2 Å². The Morgan fingerprint density at radius 1 is 1.06 bits per heavy atom. The van der Waals surface area contributed by atoms with Crippen LogP contribution in [0, 0.1) is 0 Å². The highest BCUT2D eigenvalue weighted by atomic mass is 35.5. The molecule has 3 heterocycles. The molecule has 3 aromatic rings. The third-order valence-corrected chi connectivity index (χ3v) is 6.61. The van der Waals surface area contributed by atoms with E-state index in [0.29, 0.717) is 27.2 Å². The molecule has 0 saturated carbocycles. The van der Waals surface area contributed by atoms with Crippen molar-refractivity contribution in [3.63, 3.8) is 0 Å². The summed E-state index contributed by atoms with van der Waals surface area (Å²) in [5.74, 6) is 0.264. The Hall–Kier alpha value is -3.02. The van der Waals surface area contributed by atoms with Crippen LogP contribution in [-0.4, -0.2) is 37.9 Å². The first-order valence-corrected chi connectivity index (χ1v) is 12.0. The van der Waals surface area contributed by atoms with Crippen LogP contribution in [-0.2, 0) is 11.3 Å². The largest absolute Gasteiger partial charge is 0.446 e. The van der Waals surface area contributed by atoms with Crippen molar-refractivity contribution in [2.45, 2.75) is 36.3 Å². The van der Waals surface area contributed by atoms with Gasteiger partial charge in [-0.25, -0.2) is 19.7 Å². The molecule has 7 nitrogen and oxygen atoms in total. The molecule has 0 radical (unpaired) electrons. The van der Waals surface area contributed by atoms with Gasteiger partial charge < -0.3 is 10.2 Å². The monoisotopic (exact) mass is 555 g/mol. The van der Waals surface area contributed by atoms with E-state index >= 15 is 0 Å². The van der Waals surface area contributed by atoms with Crippen molar-refractivity contribution in [1.82, 2.24) is 14.9 Å². The van der Waals surface area contributed by atoms with Crippen molar-refractivity contribution < 1.29 is 22.8 Å². The molecule has 13 heteroatoms. The van der Waals surface area contributed by atoms with Gasteiger partial charge in [-0.15, -0.1) is 0 Å². The summed E-state index contributed by atoms with van der Waals surface area (Å²) in [6.07, 6.45) is 2.96. The van der Waals surface area contributed by atoms with Gasteiger partial charge >= 0.3 is 11.5 Å². The van der Waals surface area contributed by atoms with E-state index in [1.165, 1.54) is 47.6 Å². The highest BCUT2D eigenvalue weighted by Crippen LogP contribution is 2.39. The van der Waals surface area contributed by atoms with E-state index in [1.54, 1.807) is 26.0 Å². The summed E-state index contributed by atoms with van der Waals surface area (Å²) in [6.45, 7) is 3.30. The molecule has 188 valence electrons. The molecule has 1 aliphatic rings. The number of halogens is 5. The number of carbonyl (C=O) groups excluding carboxylic acids is 2. The fourth-order valence-corrected chi connectivity index (χ4v) is 4.54. The van der Waals surface area contributed by atoms with Crippen LogP contribution in [0.4, 0.5) is 35.3 Å². The molecule has 1 aliphatic heterocycles. The zero-order chi connectivity index (χ0) is 26.3. The van der Waals surface area contributed by atoms with Crippen molar-refractivity contribution >= 4 is 64.2 Å². The molecule has 1 saturated heterocycles. The molecule has 1 N–H and O–H groups in total. The number of benzene rings is 1. The average molecular weight is 556 g/mol. The zero-order valence-corrected chi connectivity index (χ0v) is 21.1. The quantitative estimate of drug-likeness (QED) is 0.263. The van der Waals surface area contributed by atoms with E-state index in [4.69, 9.17) is 23.2 Å². The molecule has 0 bridgehead atoms. The predicted octanol–water partition coefficient (Wildman–Crippen LogP) is 6.89. The summed E-state index contributed by atoms with van der Waals surface area (Å²) >= 11 is 11.8. The Morgan fingerprint density at radius 3 is 2.39 bits per heavy atom. The van der Waals surface area contributed by atoms with Gasteiger partial charge in [-0.1, -0.05) is 23.2 Å². The van der Waals surface area contributed by atoms with Crippen molar-refractivity contribution in [1.29, 1.82) is 0 Å². The number of carbonyl (C=O) groups is 2. The standard InChI is InChI=1S/C23H18Cl2F3N5O2S/c1-22(2)20(34)33(15-3-5-16(6-4-15)36-23(26,27)28)21(35)32(22)12-13-7-8-29-18(9-13)31-19-17(25)10-14(24)11-30-19/h3-11H,12H2,1-2H3,(H,29,30,31). The topological polar surface area (TPSA) is 78.4 Å². The van der Waals surface area contributed by atoms with Crippen LogP contribution >= 0.6 is 35.0 Å². The van der Waals surface area contributed by atoms with E-state index in [9.17, 15) is 22.8 Å². The second-order valence-corrected chi connectivity index (χ2v) is 10.3. The van der Waals surface area contributed by atoms with Crippen LogP contribution in [0.5, 0.6) is 0 Å². The second-order valence-electron chi connectivity index (χ2n) is 8.27. The Bertz CT molecular complexity index is 1320. The number of hydrogen-bond acceptors (Lipinski definition) is 6. The van der Waals surface area contributed by atoms with Crippen LogP contribution < -0.4 is 10.2 Å². The maximum absolute atomic E-state index is 13.3. The van der Waals surface area contributed by atoms with Gasteiger partial charge in [0.25, 0.3) is 5.91 Å². The number of rotatable bonds is 6. The number of amides is 3. The Labute approximate surface area is 218 Å². The molecule has 1 aromatic carbocycles. The minimum Gasteiger partial charge on any atom is -0.324 e. The minimum absolute atomic E-state index is 0.0476. The smallest absolute Gasteiger partial charge is 0.324 e. The summed E-state index contributed by atoms with van der Waals surface area (Å²) in [5, 5.41) is 3.66. The van der Waals surface area contributed by atoms with Crippen molar-refractivity contribution in [3.05, 3.63) is 70.5 Å². The highest BCUT2D eigenvalue weighted by Gasteiger charge is 2.51. The number of anilines is 3. The Morgan fingerprint density at radius 2 is 1.75 bits per heavy atom. The predicted molar refractivity (Wildman–Crippen MR) is 133 cm³/mol. The van der Waals surface area contributed by atoms with E-state index in [-0.39, 0.29) is 28.9 Å². The normalized spacial score (nSPS) is 15.5. The highest BCUT2D eigenvalue weighted by molar-refractivity contribution is 8.00. The molecule has 0 spiro atoms. The molecule has 4 rings (SSSR count). The lowest BCUT2D eigenvalue weighted by Gasteiger charge is -2.27. The summed E-state index contributed by atoms with van der Waals surface area (Å²) in [6, 6.07) is 9.41. The van der Waals surface area contributed by atoms with Gasteiger partial charge in [-0.05, 0) is 73.6 Å². The first-order valence-electron chi connectivity index (χ1n) is 10.4. The molecular formula is C23H18Cl2F3N5O2S. The summed E-state index contributed by atoms with van der Waals surface area (Å²) in [7, 11) is 0. The molecule has 2 aromatic heterocycles. The second kappa shape index (κ2) is 9.79. The number of pyridine rings is 2. The molecular weight excluding hydrogens is 538 g/mol. The SMILES string of the molecule is CC1(C)C(=O)N(c2ccc(SC(F)(F)F)cc2)C(=O)N1Cc1ccnc(Nc2ncc(Cl)cc2Cl)c1. The summed E-state index contributed by atoms with van der Waals surface area (Å²) in [4.78, 5) is 37.1. The number of aromatic nitrogens is 2. The lowest BCUT2D eigenvalue weighted by molar-refractivity contribution is -0.123. The van der Waals surface area contributed by atoms with Crippen molar-refractivity contribution in [2.75, 3.05) is 10.2 Å². The van der Waals surface area contributed by atoms with E-state index in [2.05, 4.69) is 15.3 Å². The lowest BCUT2D eigenvalue weighted by atomic mass is 10.0. The van der Waals surface area contributed by atoms with Crippen LogP contribution in [0.25, 0.3) is 0 Å². The number of nitrogens with one attached hydrogen (secondary N) is 1. The van der Waals surface area contributed by atoms with E-state index in [0.717, 1.165) is 4.90 Å². The first-order chi connectivity index (χ1) is 16.8. The fourth-order valence-electron chi connectivity index (χ4n) is 3.58. The maximum atomic E-state index is 13.3. The van der Waals surface area contributed by atoms with Crippen molar-refractivity contribution in [3.8, 4) is 0 Å². The van der Waals surface area contributed by atoms with E-state index in [1.807, 2.05) is 0 Å².